The lowest BCUT2D eigenvalue weighted by molar-refractivity contribution is -0.137. The number of aliphatic carboxylic acids is 1. The zero-order valence-corrected chi connectivity index (χ0v) is 8.60. The Balaban J connectivity index is 2.02. The summed E-state index contributed by atoms with van der Waals surface area (Å²) in [5.74, 6) is -0.738. The molecule has 0 atom stereocenters. The molecule has 2 N–H and O–H groups in total. The molecule has 1 aromatic heterocycles. The summed E-state index contributed by atoms with van der Waals surface area (Å²) in [5, 5.41) is 19.4. The van der Waals surface area contributed by atoms with E-state index in [1.165, 1.54) is 0 Å². The third-order valence-electron chi connectivity index (χ3n) is 3.27. The fourth-order valence-corrected chi connectivity index (χ4v) is 2.18. The van der Waals surface area contributed by atoms with Gasteiger partial charge in [-0.2, -0.15) is 15.4 Å². The van der Waals surface area contributed by atoms with Crippen LogP contribution in [0.4, 0.5) is 0 Å². The summed E-state index contributed by atoms with van der Waals surface area (Å²) in [6.45, 7) is 0. The average molecular weight is 217 g/mol. The number of carboxylic acid groups (broad SMARTS) is 1. The molecular weight excluding hydrogens is 206 g/mol. The summed E-state index contributed by atoms with van der Waals surface area (Å²) in [5.41, 5.74) is 2.53. The van der Waals surface area contributed by atoms with Gasteiger partial charge in [0.05, 0.1) is 6.42 Å². The minimum absolute atomic E-state index is 0.154. The number of aromatic nitrogens is 3. The molecule has 2 aromatic rings. The van der Waals surface area contributed by atoms with Crippen molar-refractivity contribution in [1.82, 2.24) is 15.4 Å². The van der Waals surface area contributed by atoms with Gasteiger partial charge in [0.2, 0.25) is 0 Å². The molecule has 5 nitrogen and oxygen atoms in total. The van der Waals surface area contributed by atoms with Gasteiger partial charge in [-0.15, -0.1) is 0 Å². The van der Waals surface area contributed by atoms with Crippen LogP contribution in [0.15, 0.2) is 18.2 Å². The van der Waals surface area contributed by atoms with Crippen LogP contribution in [0, 0.1) is 0 Å². The highest BCUT2D eigenvalue weighted by molar-refractivity contribution is 5.76. The largest absolute Gasteiger partial charge is 0.481 e. The van der Waals surface area contributed by atoms with Crippen molar-refractivity contribution in [3.63, 3.8) is 0 Å². The molecule has 0 unspecified atom stereocenters. The fraction of sp³-hybridized carbons (Fsp3) is 0.364. The van der Waals surface area contributed by atoms with E-state index in [1.54, 1.807) is 0 Å². The van der Waals surface area contributed by atoms with E-state index < -0.39 is 5.97 Å². The number of H-pyrrole nitrogens is 1. The monoisotopic (exact) mass is 217 g/mol. The van der Waals surface area contributed by atoms with Crippen LogP contribution < -0.4 is 0 Å². The number of hydrogen-bond acceptors (Lipinski definition) is 3. The van der Waals surface area contributed by atoms with Gasteiger partial charge in [0.25, 0.3) is 0 Å². The Labute approximate surface area is 91.5 Å². The van der Waals surface area contributed by atoms with Gasteiger partial charge in [-0.3, -0.25) is 4.79 Å². The molecule has 3 rings (SSSR count). The van der Waals surface area contributed by atoms with E-state index in [0.29, 0.717) is 0 Å². The number of nitrogens with zero attached hydrogens (tertiary/aromatic N) is 2. The minimum atomic E-state index is -0.738. The fourth-order valence-electron chi connectivity index (χ4n) is 2.18. The third-order valence-corrected chi connectivity index (χ3v) is 3.27. The molecule has 16 heavy (non-hydrogen) atoms. The first-order valence-corrected chi connectivity index (χ1v) is 5.22. The zero-order valence-electron chi connectivity index (χ0n) is 8.60. The van der Waals surface area contributed by atoms with E-state index in [1.807, 2.05) is 18.2 Å². The van der Waals surface area contributed by atoms with Crippen LogP contribution in [0.2, 0.25) is 0 Å². The SMILES string of the molecule is O=C(O)CC1(c2ccc3n[nH]nc3c2)CC1. The Morgan fingerprint density at radius 1 is 1.38 bits per heavy atom. The Morgan fingerprint density at radius 3 is 2.81 bits per heavy atom. The van der Waals surface area contributed by atoms with E-state index in [4.69, 9.17) is 5.11 Å². The molecule has 0 saturated heterocycles. The molecule has 1 fully saturated rings. The van der Waals surface area contributed by atoms with E-state index >= 15 is 0 Å². The van der Waals surface area contributed by atoms with Crippen LogP contribution in [0.5, 0.6) is 0 Å². The van der Waals surface area contributed by atoms with Crippen LogP contribution in [-0.2, 0) is 10.2 Å². The first-order valence-electron chi connectivity index (χ1n) is 5.22. The van der Waals surface area contributed by atoms with Gasteiger partial charge in [-0.1, -0.05) is 6.07 Å². The minimum Gasteiger partial charge on any atom is -0.481 e. The molecule has 1 aliphatic rings. The highest BCUT2D eigenvalue weighted by Gasteiger charge is 2.46. The molecule has 1 saturated carbocycles. The summed E-state index contributed by atoms with van der Waals surface area (Å²) in [6.07, 6.45) is 2.10. The molecule has 0 radical (unpaired) electrons. The van der Waals surface area contributed by atoms with Gasteiger partial charge in [-0.25, -0.2) is 0 Å². The predicted molar refractivity (Wildman–Crippen MR) is 57.1 cm³/mol. The number of rotatable bonds is 3. The lowest BCUT2D eigenvalue weighted by Gasteiger charge is -2.12. The van der Waals surface area contributed by atoms with E-state index in [2.05, 4.69) is 15.4 Å². The van der Waals surface area contributed by atoms with Crippen molar-refractivity contribution in [2.24, 2.45) is 0 Å². The smallest absolute Gasteiger partial charge is 0.304 e. The van der Waals surface area contributed by atoms with Crippen molar-refractivity contribution >= 4 is 17.0 Å². The summed E-state index contributed by atoms with van der Waals surface area (Å²) in [7, 11) is 0. The number of aromatic amines is 1. The van der Waals surface area contributed by atoms with Gasteiger partial charge in [0.15, 0.2) is 0 Å². The number of fused-ring (bicyclic) bond motifs is 1. The lowest BCUT2D eigenvalue weighted by atomic mass is 9.92. The van der Waals surface area contributed by atoms with E-state index in [0.717, 1.165) is 29.4 Å². The van der Waals surface area contributed by atoms with Gasteiger partial charge < -0.3 is 5.11 Å². The summed E-state index contributed by atoms with van der Waals surface area (Å²) >= 11 is 0. The Bertz CT molecular complexity index is 557. The Kier molecular flexibility index (Phi) is 1.77. The van der Waals surface area contributed by atoms with Gasteiger partial charge in [0.1, 0.15) is 11.0 Å². The number of benzene rings is 1. The highest BCUT2D eigenvalue weighted by Crippen LogP contribution is 2.51. The van der Waals surface area contributed by atoms with Gasteiger partial charge in [0, 0.05) is 5.41 Å². The van der Waals surface area contributed by atoms with Crippen LogP contribution in [0.1, 0.15) is 24.8 Å². The maximum atomic E-state index is 10.8. The third kappa shape index (κ3) is 1.36. The van der Waals surface area contributed by atoms with Crippen molar-refractivity contribution in [2.75, 3.05) is 0 Å². The topological polar surface area (TPSA) is 78.9 Å². The maximum absolute atomic E-state index is 10.8. The normalized spacial score (nSPS) is 17.5. The second kappa shape index (κ2) is 3.04. The lowest BCUT2D eigenvalue weighted by Crippen LogP contribution is -2.12. The highest BCUT2D eigenvalue weighted by atomic mass is 16.4. The van der Waals surface area contributed by atoms with E-state index in [-0.39, 0.29) is 11.8 Å². The molecule has 1 aromatic carbocycles. The van der Waals surface area contributed by atoms with Crippen LogP contribution in [0.25, 0.3) is 11.0 Å². The molecule has 1 aliphatic carbocycles. The standard InChI is InChI=1S/C11H11N3O2/c15-10(16)6-11(3-4-11)7-1-2-8-9(5-7)13-14-12-8/h1-2,5H,3-4,6H2,(H,15,16)(H,12,13,14). The quantitative estimate of drug-likeness (QED) is 0.815. The first kappa shape index (κ1) is 9.33. The maximum Gasteiger partial charge on any atom is 0.304 e. The van der Waals surface area contributed by atoms with Crippen molar-refractivity contribution < 1.29 is 9.90 Å². The molecule has 0 aliphatic heterocycles. The second-order valence-electron chi connectivity index (χ2n) is 4.38. The molecular formula is C11H11N3O2. The van der Waals surface area contributed by atoms with Crippen LogP contribution in [0.3, 0.4) is 0 Å². The molecule has 1 heterocycles. The predicted octanol–water partition coefficient (Wildman–Crippen LogP) is 1.46. The first-order chi connectivity index (χ1) is 7.70. The molecule has 5 heteroatoms. The summed E-state index contributed by atoms with van der Waals surface area (Å²) in [6, 6.07) is 5.78. The van der Waals surface area contributed by atoms with Crippen LogP contribution in [-0.4, -0.2) is 26.5 Å². The average Bonchev–Trinajstić information content (AvgIpc) is 2.87. The van der Waals surface area contributed by atoms with Crippen molar-refractivity contribution in [3.05, 3.63) is 23.8 Å². The van der Waals surface area contributed by atoms with E-state index in [9.17, 15) is 4.79 Å². The number of carbonyl (C=O) groups is 1. The van der Waals surface area contributed by atoms with Gasteiger partial charge >= 0.3 is 5.97 Å². The zero-order chi connectivity index (χ0) is 11.2. The molecule has 0 amide bonds. The second-order valence-corrected chi connectivity index (χ2v) is 4.38. The summed E-state index contributed by atoms with van der Waals surface area (Å²) in [4.78, 5) is 10.8. The Hall–Kier alpha value is -1.91. The van der Waals surface area contributed by atoms with Crippen molar-refractivity contribution in [3.8, 4) is 0 Å². The molecule has 0 bridgehead atoms. The number of carboxylic acids is 1. The molecule has 82 valence electrons. The summed E-state index contributed by atoms with van der Waals surface area (Å²) < 4.78 is 0. The number of nitrogens with one attached hydrogen (secondary N) is 1. The van der Waals surface area contributed by atoms with Gasteiger partial charge in [-0.05, 0) is 30.5 Å². The Morgan fingerprint density at radius 2 is 2.12 bits per heavy atom. The number of hydrogen-bond donors (Lipinski definition) is 2. The van der Waals surface area contributed by atoms with Crippen molar-refractivity contribution in [1.29, 1.82) is 0 Å². The molecule has 0 spiro atoms. The van der Waals surface area contributed by atoms with Crippen molar-refractivity contribution in [2.45, 2.75) is 24.7 Å². The van der Waals surface area contributed by atoms with Crippen LogP contribution >= 0.6 is 0 Å².